The van der Waals surface area contributed by atoms with Crippen molar-refractivity contribution in [2.45, 2.75) is 0 Å². The molecule has 0 heterocycles. The SMILES string of the molecule is CNC(=O)OCC[N+](C)(C)C.[Cl-]. The molecule has 0 aliphatic heterocycles. The summed E-state index contributed by atoms with van der Waals surface area (Å²) < 4.78 is 5.60. The normalized spacial score (nSPS) is 10.0. The lowest BCUT2D eigenvalue weighted by Gasteiger charge is -2.23. The summed E-state index contributed by atoms with van der Waals surface area (Å²) in [5.41, 5.74) is 0. The third kappa shape index (κ3) is 9.52. The molecular weight excluding hydrogens is 180 g/mol. The maximum atomic E-state index is 10.6. The molecule has 0 spiro atoms. The van der Waals surface area contributed by atoms with E-state index in [9.17, 15) is 4.79 Å². The Morgan fingerprint density at radius 2 is 1.92 bits per heavy atom. The molecule has 0 rings (SSSR count). The topological polar surface area (TPSA) is 38.3 Å². The van der Waals surface area contributed by atoms with Crippen LogP contribution in [0.2, 0.25) is 0 Å². The first-order chi connectivity index (χ1) is 4.95. The third-order valence-electron chi connectivity index (χ3n) is 1.20. The molecule has 4 nitrogen and oxygen atoms in total. The zero-order valence-electron chi connectivity index (χ0n) is 8.06. The number of alkyl carbamates (subject to hydrolysis) is 1. The molecule has 0 unspecified atom stereocenters. The molecule has 74 valence electrons. The molecule has 1 N–H and O–H groups in total. The van der Waals surface area contributed by atoms with Gasteiger partial charge in [0.15, 0.2) is 0 Å². The second-order valence-corrected chi connectivity index (χ2v) is 3.40. The van der Waals surface area contributed by atoms with Crippen molar-refractivity contribution in [1.82, 2.24) is 5.32 Å². The quantitative estimate of drug-likeness (QED) is 0.491. The highest BCUT2D eigenvalue weighted by atomic mass is 35.5. The lowest BCUT2D eigenvalue weighted by Crippen LogP contribution is -3.00. The standard InChI is InChI=1S/C7H16N2O2.ClH/c1-8-7(10)11-6-5-9(2,3)4;/h5-6H2,1-4H3;1H. The molecule has 0 saturated heterocycles. The second-order valence-electron chi connectivity index (χ2n) is 3.40. The maximum absolute atomic E-state index is 10.6. The molecule has 0 aromatic heterocycles. The number of hydrogen-bond acceptors (Lipinski definition) is 2. The fourth-order valence-corrected chi connectivity index (χ4v) is 0.484. The number of amides is 1. The Balaban J connectivity index is 0. The number of nitrogens with zero attached hydrogens (tertiary/aromatic N) is 1. The summed E-state index contributed by atoms with van der Waals surface area (Å²) >= 11 is 0. The van der Waals surface area contributed by atoms with Gasteiger partial charge in [-0.2, -0.15) is 0 Å². The van der Waals surface area contributed by atoms with Crippen molar-refractivity contribution in [3.63, 3.8) is 0 Å². The number of rotatable bonds is 3. The average molecular weight is 197 g/mol. The molecular formula is C7H17ClN2O2. The monoisotopic (exact) mass is 196 g/mol. The van der Waals surface area contributed by atoms with Crippen molar-refractivity contribution in [3.8, 4) is 0 Å². The predicted molar refractivity (Wildman–Crippen MR) is 43.3 cm³/mol. The number of quaternary nitrogens is 1. The summed E-state index contributed by atoms with van der Waals surface area (Å²) in [5.74, 6) is 0. The van der Waals surface area contributed by atoms with E-state index in [1.54, 1.807) is 7.05 Å². The summed E-state index contributed by atoms with van der Waals surface area (Å²) in [4.78, 5) is 10.6. The Morgan fingerprint density at radius 1 is 1.42 bits per heavy atom. The fourth-order valence-electron chi connectivity index (χ4n) is 0.484. The zero-order valence-corrected chi connectivity index (χ0v) is 8.81. The minimum atomic E-state index is -0.363. The Kier molecular flexibility index (Phi) is 7.13. The maximum Gasteiger partial charge on any atom is 0.407 e. The minimum absolute atomic E-state index is 0. The van der Waals surface area contributed by atoms with Crippen LogP contribution >= 0.6 is 0 Å². The number of likely N-dealkylation sites (N-methyl/N-ethyl adjacent to an activating group) is 1. The molecule has 0 aliphatic rings. The van der Waals surface area contributed by atoms with Crippen LogP contribution < -0.4 is 17.7 Å². The Labute approximate surface area is 79.9 Å². The van der Waals surface area contributed by atoms with Crippen molar-refractivity contribution in [2.75, 3.05) is 41.3 Å². The van der Waals surface area contributed by atoms with E-state index in [0.29, 0.717) is 6.61 Å². The number of ether oxygens (including phenoxy) is 1. The van der Waals surface area contributed by atoms with Gasteiger partial charge in [-0.1, -0.05) is 0 Å². The molecule has 0 atom stereocenters. The Morgan fingerprint density at radius 3 is 2.25 bits per heavy atom. The molecule has 0 radical (unpaired) electrons. The molecule has 5 heteroatoms. The molecule has 0 aromatic carbocycles. The van der Waals surface area contributed by atoms with Crippen LogP contribution in [-0.4, -0.2) is 51.9 Å². The zero-order chi connectivity index (χ0) is 8.91. The summed E-state index contributed by atoms with van der Waals surface area (Å²) in [6, 6.07) is 0. The molecule has 12 heavy (non-hydrogen) atoms. The van der Waals surface area contributed by atoms with E-state index in [1.165, 1.54) is 0 Å². The summed E-state index contributed by atoms with van der Waals surface area (Å²) in [6.07, 6.45) is -0.363. The number of carbonyl (C=O) groups is 1. The largest absolute Gasteiger partial charge is 1.00 e. The smallest absolute Gasteiger partial charge is 0.407 e. The predicted octanol–water partition coefficient (Wildman–Crippen LogP) is -2.95. The molecule has 0 saturated carbocycles. The van der Waals surface area contributed by atoms with E-state index in [0.717, 1.165) is 11.0 Å². The van der Waals surface area contributed by atoms with Gasteiger partial charge < -0.3 is 26.9 Å². The second kappa shape index (κ2) is 6.08. The first-order valence-corrected chi connectivity index (χ1v) is 3.60. The highest BCUT2D eigenvalue weighted by molar-refractivity contribution is 5.66. The van der Waals surface area contributed by atoms with E-state index in [2.05, 4.69) is 5.32 Å². The summed E-state index contributed by atoms with van der Waals surface area (Å²) in [5, 5.41) is 2.38. The average Bonchev–Trinajstić information content (AvgIpc) is 1.85. The third-order valence-corrected chi connectivity index (χ3v) is 1.20. The summed E-state index contributed by atoms with van der Waals surface area (Å²) in [7, 11) is 7.70. The van der Waals surface area contributed by atoms with Gasteiger partial charge in [-0.05, 0) is 0 Å². The molecule has 0 fully saturated rings. The molecule has 0 bridgehead atoms. The van der Waals surface area contributed by atoms with Gasteiger partial charge in [0.25, 0.3) is 0 Å². The van der Waals surface area contributed by atoms with Crippen LogP contribution in [0.4, 0.5) is 4.79 Å². The van der Waals surface area contributed by atoms with E-state index in [-0.39, 0.29) is 18.5 Å². The van der Waals surface area contributed by atoms with Crippen LogP contribution in [0.15, 0.2) is 0 Å². The first kappa shape index (κ1) is 14.1. The van der Waals surface area contributed by atoms with Gasteiger partial charge in [-0.15, -0.1) is 0 Å². The highest BCUT2D eigenvalue weighted by Gasteiger charge is 2.07. The van der Waals surface area contributed by atoms with E-state index < -0.39 is 0 Å². The van der Waals surface area contributed by atoms with E-state index >= 15 is 0 Å². The van der Waals surface area contributed by atoms with Crippen LogP contribution in [0, 0.1) is 0 Å². The summed E-state index contributed by atoms with van der Waals surface area (Å²) in [6.45, 7) is 1.29. The van der Waals surface area contributed by atoms with Gasteiger partial charge in [0.05, 0.1) is 21.1 Å². The van der Waals surface area contributed by atoms with E-state index in [1.807, 2.05) is 21.1 Å². The highest BCUT2D eigenvalue weighted by Crippen LogP contribution is 1.89. The van der Waals surface area contributed by atoms with Crippen LogP contribution in [0.1, 0.15) is 0 Å². The molecule has 0 aromatic rings. The van der Waals surface area contributed by atoms with Gasteiger partial charge in [0.2, 0.25) is 0 Å². The lowest BCUT2D eigenvalue weighted by molar-refractivity contribution is -0.870. The van der Waals surface area contributed by atoms with Crippen molar-refractivity contribution in [3.05, 3.63) is 0 Å². The van der Waals surface area contributed by atoms with Gasteiger partial charge in [0.1, 0.15) is 13.2 Å². The Hall–Kier alpha value is -0.480. The van der Waals surface area contributed by atoms with Gasteiger partial charge >= 0.3 is 6.09 Å². The van der Waals surface area contributed by atoms with Crippen molar-refractivity contribution in [1.29, 1.82) is 0 Å². The molecule has 1 amide bonds. The number of nitrogens with one attached hydrogen (secondary N) is 1. The minimum Gasteiger partial charge on any atom is -1.00 e. The van der Waals surface area contributed by atoms with Crippen LogP contribution in [-0.2, 0) is 4.74 Å². The van der Waals surface area contributed by atoms with Crippen LogP contribution in [0.5, 0.6) is 0 Å². The van der Waals surface area contributed by atoms with Gasteiger partial charge in [-0.3, -0.25) is 0 Å². The van der Waals surface area contributed by atoms with Crippen LogP contribution in [0.3, 0.4) is 0 Å². The first-order valence-electron chi connectivity index (χ1n) is 3.60. The Bertz CT molecular complexity index is 134. The number of hydrogen-bond donors (Lipinski definition) is 1. The lowest BCUT2D eigenvalue weighted by atomic mass is 10.5. The van der Waals surface area contributed by atoms with E-state index in [4.69, 9.17) is 4.74 Å². The van der Waals surface area contributed by atoms with Crippen molar-refractivity contribution < 1.29 is 26.4 Å². The van der Waals surface area contributed by atoms with Crippen molar-refractivity contribution >= 4 is 6.09 Å². The van der Waals surface area contributed by atoms with Crippen LogP contribution in [0.25, 0.3) is 0 Å². The van der Waals surface area contributed by atoms with Gasteiger partial charge in [-0.25, -0.2) is 4.79 Å². The van der Waals surface area contributed by atoms with Gasteiger partial charge in [0, 0.05) is 7.05 Å². The fraction of sp³-hybridized carbons (Fsp3) is 0.857. The molecule has 0 aliphatic carbocycles. The number of halogens is 1. The number of carbonyl (C=O) groups excluding carboxylic acids is 1. The van der Waals surface area contributed by atoms with Crippen molar-refractivity contribution in [2.24, 2.45) is 0 Å².